The van der Waals surface area contributed by atoms with E-state index in [1.807, 2.05) is 19.1 Å². The first-order valence-corrected chi connectivity index (χ1v) is 8.43. The molecular formula is C16H18ClN3O2S. The van der Waals surface area contributed by atoms with Gasteiger partial charge < -0.3 is 10.6 Å². The number of nitrogens with zero attached hydrogens (tertiary/aromatic N) is 1. The van der Waals surface area contributed by atoms with Crippen LogP contribution in [0.15, 0.2) is 24.3 Å². The van der Waals surface area contributed by atoms with Crippen molar-refractivity contribution in [2.24, 2.45) is 0 Å². The topological polar surface area (TPSA) is 71.1 Å². The Morgan fingerprint density at radius 1 is 1.30 bits per heavy atom. The second-order valence-corrected chi connectivity index (χ2v) is 6.47. The number of aryl methyl sites for hydroxylation is 1. The predicted octanol–water partition coefficient (Wildman–Crippen LogP) is 3.03. The lowest BCUT2D eigenvalue weighted by Gasteiger charge is -2.12. The van der Waals surface area contributed by atoms with E-state index in [-0.39, 0.29) is 11.8 Å². The summed E-state index contributed by atoms with van der Waals surface area (Å²) in [6.07, 6.45) is 0. The second-order valence-electron chi connectivity index (χ2n) is 5.03. The highest BCUT2D eigenvalue weighted by Crippen LogP contribution is 2.28. The van der Waals surface area contributed by atoms with Gasteiger partial charge in [0.05, 0.1) is 5.69 Å². The van der Waals surface area contributed by atoms with Gasteiger partial charge in [-0.1, -0.05) is 23.7 Å². The minimum absolute atomic E-state index is 0.207. The fourth-order valence-electron chi connectivity index (χ4n) is 1.98. The van der Waals surface area contributed by atoms with Crippen molar-refractivity contribution in [2.75, 3.05) is 6.54 Å². The summed E-state index contributed by atoms with van der Waals surface area (Å²) >= 11 is 7.18. The molecular weight excluding hydrogens is 334 g/mol. The maximum absolute atomic E-state index is 12.3. The van der Waals surface area contributed by atoms with E-state index >= 15 is 0 Å². The average molecular weight is 352 g/mol. The van der Waals surface area contributed by atoms with E-state index in [1.54, 1.807) is 26.0 Å². The fourth-order valence-corrected chi connectivity index (χ4v) is 3.08. The molecule has 0 aliphatic rings. The van der Waals surface area contributed by atoms with Gasteiger partial charge in [-0.15, -0.1) is 11.3 Å². The van der Waals surface area contributed by atoms with Crippen LogP contribution in [0, 0.1) is 6.92 Å². The van der Waals surface area contributed by atoms with Crippen LogP contribution >= 0.6 is 22.9 Å². The quantitative estimate of drug-likeness (QED) is 0.869. The number of likely N-dealkylation sites (N-methyl/N-ethyl adjacent to an activating group) is 1. The summed E-state index contributed by atoms with van der Waals surface area (Å²) in [6, 6.07) is 6.69. The van der Waals surface area contributed by atoms with Crippen LogP contribution in [0.4, 0.5) is 0 Å². The van der Waals surface area contributed by atoms with Crippen LogP contribution in [0.3, 0.4) is 0 Å². The summed E-state index contributed by atoms with van der Waals surface area (Å²) in [5.74, 6) is -0.500. The van der Waals surface area contributed by atoms with Crippen molar-refractivity contribution in [3.63, 3.8) is 0 Å². The molecule has 0 radical (unpaired) electrons. The minimum Gasteiger partial charge on any atom is -0.355 e. The molecule has 1 aromatic heterocycles. The standard InChI is InChI=1S/C16H18ClN3O2S/c1-4-18-14(21)10(3)19-15(22)13-9(2)20-16(23-13)11-5-7-12(17)8-6-11/h5-8,10H,4H2,1-3H3,(H,18,21)(H,19,22)/t10-/m0/s1. The van der Waals surface area contributed by atoms with Crippen molar-refractivity contribution in [1.29, 1.82) is 0 Å². The first kappa shape index (κ1) is 17.4. The van der Waals surface area contributed by atoms with Crippen molar-refractivity contribution >= 4 is 34.8 Å². The number of thiazole rings is 1. The highest BCUT2D eigenvalue weighted by Gasteiger charge is 2.20. The van der Waals surface area contributed by atoms with Gasteiger partial charge in [-0.2, -0.15) is 0 Å². The first-order valence-electron chi connectivity index (χ1n) is 7.24. The maximum Gasteiger partial charge on any atom is 0.263 e. The van der Waals surface area contributed by atoms with Crippen LogP contribution < -0.4 is 10.6 Å². The molecule has 0 unspecified atom stereocenters. The van der Waals surface area contributed by atoms with Gasteiger partial charge in [-0.05, 0) is 32.9 Å². The van der Waals surface area contributed by atoms with Crippen LogP contribution in [0.25, 0.3) is 10.6 Å². The van der Waals surface area contributed by atoms with Crippen LogP contribution in [-0.2, 0) is 4.79 Å². The smallest absolute Gasteiger partial charge is 0.263 e. The Morgan fingerprint density at radius 2 is 1.96 bits per heavy atom. The molecule has 122 valence electrons. The molecule has 1 aromatic carbocycles. The number of hydrogen-bond donors (Lipinski definition) is 2. The molecule has 7 heteroatoms. The van der Waals surface area contributed by atoms with Crippen LogP contribution in [0.5, 0.6) is 0 Å². The van der Waals surface area contributed by atoms with E-state index in [2.05, 4.69) is 15.6 Å². The molecule has 2 amide bonds. The Labute approximate surface area is 144 Å². The first-order chi connectivity index (χ1) is 10.9. The summed E-state index contributed by atoms with van der Waals surface area (Å²) in [5, 5.41) is 6.76. The number of rotatable bonds is 5. The fraction of sp³-hybridized carbons (Fsp3) is 0.312. The Morgan fingerprint density at radius 3 is 2.57 bits per heavy atom. The molecule has 0 aliphatic heterocycles. The lowest BCUT2D eigenvalue weighted by Crippen LogP contribution is -2.44. The largest absolute Gasteiger partial charge is 0.355 e. The predicted molar refractivity (Wildman–Crippen MR) is 92.9 cm³/mol. The summed E-state index contributed by atoms with van der Waals surface area (Å²) in [7, 11) is 0. The van der Waals surface area contributed by atoms with Crippen molar-refractivity contribution in [3.8, 4) is 10.6 Å². The molecule has 0 aliphatic carbocycles. The van der Waals surface area contributed by atoms with E-state index in [4.69, 9.17) is 11.6 Å². The normalized spacial score (nSPS) is 11.8. The number of benzene rings is 1. The second kappa shape index (κ2) is 7.57. The molecule has 1 heterocycles. The van der Waals surface area contributed by atoms with Crippen molar-refractivity contribution in [2.45, 2.75) is 26.8 Å². The van der Waals surface area contributed by atoms with Crippen LogP contribution in [-0.4, -0.2) is 29.4 Å². The highest BCUT2D eigenvalue weighted by molar-refractivity contribution is 7.17. The van der Waals surface area contributed by atoms with E-state index in [1.165, 1.54) is 11.3 Å². The zero-order chi connectivity index (χ0) is 17.0. The van der Waals surface area contributed by atoms with E-state index in [0.717, 1.165) is 10.6 Å². The van der Waals surface area contributed by atoms with E-state index in [9.17, 15) is 9.59 Å². The molecule has 0 bridgehead atoms. The molecule has 2 N–H and O–H groups in total. The Balaban J connectivity index is 2.16. The molecule has 1 atom stereocenters. The number of halogens is 1. The SMILES string of the molecule is CCNC(=O)[C@H](C)NC(=O)c1sc(-c2ccc(Cl)cc2)nc1C. The van der Waals surface area contributed by atoms with Crippen molar-refractivity contribution < 1.29 is 9.59 Å². The monoisotopic (exact) mass is 351 g/mol. The molecule has 2 rings (SSSR count). The van der Waals surface area contributed by atoms with E-state index in [0.29, 0.717) is 22.1 Å². The van der Waals surface area contributed by atoms with Crippen molar-refractivity contribution in [3.05, 3.63) is 39.9 Å². The molecule has 0 spiro atoms. The molecule has 5 nitrogen and oxygen atoms in total. The summed E-state index contributed by atoms with van der Waals surface area (Å²) in [6.45, 7) is 5.79. The Kier molecular flexibility index (Phi) is 5.74. The lowest BCUT2D eigenvalue weighted by atomic mass is 10.2. The van der Waals surface area contributed by atoms with Crippen LogP contribution in [0.2, 0.25) is 5.02 Å². The number of carbonyl (C=O) groups excluding carboxylic acids is 2. The highest BCUT2D eigenvalue weighted by atomic mass is 35.5. The van der Waals surface area contributed by atoms with Gasteiger partial charge in [0, 0.05) is 17.1 Å². The van der Waals surface area contributed by atoms with Crippen LogP contribution in [0.1, 0.15) is 29.2 Å². The number of amides is 2. The van der Waals surface area contributed by atoms with Gasteiger partial charge in [0.1, 0.15) is 15.9 Å². The lowest BCUT2D eigenvalue weighted by molar-refractivity contribution is -0.122. The Hall–Kier alpha value is -1.92. The molecule has 23 heavy (non-hydrogen) atoms. The van der Waals surface area contributed by atoms with Gasteiger partial charge in [-0.25, -0.2) is 4.98 Å². The average Bonchev–Trinajstić information content (AvgIpc) is 2.90. The number of hydrogen-bond acceptors (Lipinski definition) is 4. The third kappa shape index (κ3) is 4.30. The van der Waals surface area contributed by atoms with Gasteiger partial charge in [0.15, 0.2) is 0 Å². The molecule has 2 aromatic rings. The van der Waals surface area contributed by atoms with Crippen molar-refractivity contribution in [1.82, 2.24) is 15.6 Å². The van der Waals surface area contributed by atoms with Gasteiger partial charge >= 0.3 is 0 Å². The Bertz CT molecular complexity index is 713. The zero-order valence-electron chi connectivity index (χ0n) is 13.1. The molecule has 0 saturated carbocycles. The summed E-state index contributed by atoms with van der Waals surface area (Å²) in [4.78, 5) is 29.0. The van der Waals surface area contributed by atoms with Gasteiger partial charge in [0.2, 0.25) is 5.91 Å². The number of aromatic nitrogens is 1. The maximum atomic E-state index is 12.3. The van der Waals surface area contributed by atoms with E-state index < -0.39 is 6.04 Å². The third-order valence-electron chi connectivity index (χ3n) is 3.19. The summed E-state index contributed by atoms with van der Waals surface area (Å²) in [5.41, 5.74) is 1.54. The number of carbonyl (C=O) groups is 2. The molecule has 0 fully saturated rings. The van der Waals surface area contributed by atoms with Gasteiger partial charge in [-0.3, -0.25) is 9.59 Å². The zero-order valence-corrected chi connectivity index (χ0v) is 14.7. The minimum atomic E-state index is -0.595. The molecule has 0 saturated heterocycles. The summed E-state index contributed by atoms with van der Waals surface area (Å²) < 4.78 is 0. The van der Waals surface area contributed by atoms with Gasteiger partial charge in [0.25, 0.3) is 5.91 Å². The number of nitrogens with one attached hydrogen (secondary N) is 2. The third-order valence-corrected chi connectivity index (χ3v) is 4.64.